The number of halogens is 3. The van der Waals surface area contributed by atoms with Crippen LogP contribution >= 0.6 is 0 Å². The van der Waals surface area contributed by atoms with Crippen molar-refractivity contribution >= 4 is 5.97 Å². The van der Waals surface area contributed by atoms with Crippen LogP contribution in [0.2, 0.25) is 0 Å². The molecular weight excluding hydrogens is 283 g/mol. The highest BCUT2D eigenvalue weighted by atomic mass is 19.4. The first kappa shape index (κ1) is 15.8. The van der Waals surface area contributed by atoms with E-state index in [1.807, 2.05) is 4.90 Å². The molecule has 1 saturated heterocycles. The summed E-state index contributed by atoms with van der Waals surface area (Å²) >= 11 is 0. The van der Waals surface area contributed by atoms with E-state index in [2.05, 4.69) is 0 Å². The van der Waals surface area contributed by atoms with E-state index in [1.165, 1.54) is 19.2 Å². The topological polar surface area (TPSA) is 29.5 Å². The van der Waals surface area contributed by atoms with Crippen LogP contribution in [0.15, 0.2) is 24.3 Å². The molecule has 0 radical (unpaired) electrons. The Morgan fingerprint density at radius 2 is 2.19 bits per heavy atom. The summed E-state index contributed by atoms with van der Waals surface area (Å²) in [5.41, 5.74) is -0.0307. The van der Waals surface area contributed by atoms with Crippen LogP contribution in [0.4, 0.5) is 13.2 Å². The molecule has 1 aliphatic heterocycles. The van der Waals surface area contributed by atoms with Crippen molar-refractivity contribution in [1.29, 1.82) is 0 Å². The van der Waals surface area contributed by atoms with Gasteiger partial charge in [-0.25, -0.2) is 0 Å². The second-order valence-electron chi connectivity index (χ2n) is 5.30. The summed E-state index contributed by atoms with van der Waals surface area (Å²) < 4.78 is 42.8. The monoisotopic (exact) mass is 301 g/mol. The molecule has 1 heterocycles. The molecule has 1 aromatic carbocycles. The molecular formula is C15H18F3NO2. The van der Waals surface area contributed by atoms with Crippen LogP contribution in [0.25, 0.3) is 0 Å². The molecule has 1 aromatic rings. The van der Waals surface area contributed by atoms with Crippen LogP contribution in [0.1, 0.15) is 24.0 Å². The van der Waals surface area contributed by atoms with Gasteiger partial charge in [-0.05, 0) is 31.0 Å². The van der Waals surface area contributed by atoms with Crippen LogP contribution in [-0.2, 0) is 22.3 Å². The van der Waals surface area contributed by atoms with Gasteiger partial charge in [0.2, 0.25) is 0 Å². The smallest absolute Gasteiger partial charge is 0.416 e. The maximum Gasteiger partial charge on any atom is 0.416 e. The molecule has 0 amide bonds. The van der Waals surface area contributed by atoms with Gasteiger partial charge in [0.1, 0.15) is 0 Å². The Kier molecular flexibility index (Phi) is 4.88. The number of carbonyl (C=O) groups is 1. The molecule has 0 aliphatic carbocycles. The van der Waals surface area contributed by atoms with E-state index in [4.69, 9.17) is 4.74 Å². The predicted octanol–water partition coefficient (Wildman–Crippen LogP) is 3.09. The van der Waals surface area contributed by atoms with Crippen molar-refractivity contribution < 1.29 is 22.7 Å². The lowest BCUT2D eigenvalue weighted by molar-refractivity contribution is -0.147. The number of methoxy groups -OCH3 is 1. The molecule has 1 atom stereocenters. The van der Waals surface area contributed by atoms with Crippen LogP contribution < -0.4 is 0 Å². The van der Waals surface area contributed by atoms with Gasteiger partial charge in [0, 0.05) is 13.1 Å². The highest BCUT2D eigenvalue weighted by molar-refractivity contribution is 5.72. The van der Waals surface area contributed by atoms with Gasteiger partial charge >= 0.3 is 12.1 Å². The number of esters is 1. The van der Waals surface area contributed by atoms with Gasteiger partial charge in [0.15, 0.2) is 0 Å². The molecule has 1 unspecified atom stereocenters. The number of carbonyl (C=O) groups excluding carboxylic acids is 1. The van der Waals surface area contributed by atoms with E-state index in [9.17, 15) is 18.0 Å². The van der Waals surface area contributed by atoms with Crippen LogP contribution in [0.3, 0.4) is 0 Å². The third kappa shape index (κ3) is 4.20. The molecule has 0 saturated carbocycles. The number of alkyl halides is 3. The fourth-order valence-corrected chi connectivity index (χ4v) is 2.66. The lowest BCUT2D eigenvalue weighted by Crippen LogP contribution is -2.38. The van der Waals surface area contributed by atoms with Gasteiger partial charge in [0.25, 0.3) is 0 Å². The molecule has 1 aliphatic rings. The zero-order valence-corrected chi connectivity index (χ0v) is 11.8. The largest absolute Gasteiger partial charge is 0.469 e. The number of benzene rings is 1. The van der Waals surface area contributed by atoms with Crippen molar-refractivity contribution in [2.75, 3.05) is 20.2 Å². The Hall–Kier alpha value is -1.56. The molecule has 1 fully saturated rings. The summed E-state index contributed by atoms with van der Waals surface area (Å²) in [6.45, 7) is 1.73. The highest BCUT2D eigenvalue weighted by Gasteiger charge is 2.31. The zero-order valence-electron chi connectivity index (χ0n) is 11.8. The van der Waals surface area contributed by atoms with E-state index in [0.717, 1.165) is 25.5 Å². The van der Waals surface area contributed by atoms with E-state index >= 15 is 0 Å². The molecule has 21 heavy (non-hydrogen) atoms. The van der Waals surface area contributed by atoms with Crippen molar-refractivity contribution in [2.24, 2.45) is 5.92 Å². The zero-order chi connectivity index (χ0) is 15.5. The van der Waals surface area contributed by atoms with E-state index in [-0.39, 0.29) is 11.9 Å². The van der Waals surface area contributed by atoms with E-state index < -0.39 is 11.7 Å². The second kappa shape index (κ2) is 6.47. The third-order valence-corrected chi connectivity index (χ3v) is 3.70. The van der Waals surface area contributed by atoms with Gasteiger partial charge in [0.05, 0.1) is 18.6 Å². The van der Waals surface area contributed by atoms with Gasteiger partial charge in [-0.2, -0.15) is 13.2 Å². The van der Waals surface area contributed by atoms with Crippen LogP contribution in [-0.4, -0.2) is 31.1 Å². The van der Waals surface area contributed by atoms with Crippen molar-refractivity contribution in [1.82, 2.24) is 4.90 Å². The minimum Gasteiger partial charge on any atom is -0.469 e. The standard InChI is InChI=1S/C15H18F3NO2/c1-21-14(20)12-5-3-7-19(10-12)9-11-4-2-6-13(8-11)15(16,17)18/h2,4,6,8,12H,3,5,7,9-10H2,1H3. The Morgan fingerprint density at radius 3 is 2.86 bits per heavy atom. The van der Waals surface area contributed by atoms with Gasteiger partial charge in [-0.3, -0.25) is 9.69 Å². The summed E-state index contributed by atoms with van der Waals surface area (Å²) in [5, 5.41) is 0. The summed E-state index contributed by atoms with van der Waals surface area (Å²) in [6.07, 6.45) is -2.71. The first-order chi connectivity index (χ1) is 9.90. The number of nitrogens with zero attached hydrogens (tertiary/aromatic N) is 1. The first-order valence-electron chi connectivity index (χ1n) is 6.86. The predicted molar refractivity (Wildman–Crippen MR) is 71.5 cm³/mol. The minimum absolute atomic E-state index is 0.186. The Bertz CT molecular complexity index is 502. The SMILES string of the molecule is COC(=O)C1CCCN(Cc2cccc(C(F)(F)F)c2)C1. The number of rotatable bonds is 3. The minimum atomic E-state index is -4.33. The lowest BCUT2D eigenvalue weighted by Gasteiger charge is -2.31. The number of hydrogen-bond acceptors (Lipinski definition) is 3. The van der Waals surface area contributed by atoms with E-state index in [0.29, 0.717) is 18.7 Å². The van der Waals surface area contributed by atoms with Crippen molar-refractivity contribution in [3.05, 3.63) is 35.4 Å². The second-order valence-corrected chi connectivity index (χ2v) is 5.30. The quantitative estimate of drug-likeness (QED) is 0.804. The van der Waals surface area contributed by atoms with Gasteiger partial charge < -0.3 is 4.74 Å². The Balaban J connectivity index is 2.03. The Labute approximate surface area is 121 Å². The molecule has 6 heteroatoms. The van der Waals surface area contributed by atoms with Gasteiger partial charge in [-0.1, -0.05) is 18.2 Å². The van der Waals surface area contributed by atoms with Crippen molar-refractivity contribution in [3.63, 3.8) is 0 Å². The first-order valence-corrected chi connectivity index (χ1v) is 6.86. The number of hydrogen-bond donors (Lipinski definition) is 0. The fourth-order valence-electron chi connectivity index (χ4n) is 2.66. The maximum absolute atomic E-state index is 12.7. The fraction of sp³-hybridized carbons (Fsp3) is 0.533. The van der Waals surface area contributed by atoms with Crippen molar-refractivity contribution in [2.45, 2.75) is 25.6 Å². The number of likely N-dealkylation sites (tertiary alicyclic amines) is 1. The van der Waals surface area contributed by atoms with Crippen molar-refractivity contribution in [3.8, 4) is 0 Å². The van der Waals surface area contributed by atoms with Crippen LogP contribution in [0.5, 0.6) is 0 Å². The van der Waals surface area contributed by atoms with Gasteiger partial charge in [-0.15, -0.1) is 0 Å². The molecule has 0 spiro atoms. The highest BCUT2D eigenvalue weighted by Crippen LogP contribution is 2.30. The van der Waals surface area contributed by atoms with Crippen LogP contribution in [0, 0.1) is 5.92 Å². The molecule has 0 aromatic heterocycles. The molecule has 0 bridgehead atoms. The summed E-state index contributed by atoms with van der Waals surface area (Å²) in [6, 6.07) is 5.33. The average Bonchev–Trinajstić information content (AvgIpc) is 2.46. The lowest BCUT2D eigenvalue weighted by atomic mass is 9.97. The maximum atomic E-state index is 12.7. The van der Waals surface area contributed by atoms with E-state index in [1.54, 1.807) is 6.07 Å². The normalized spacial score (nSPS) is 20.3. The molecule has 116 valence electrons. The average molecular weight is 301 g/mol. The summed E-state index contributed by atoms with van der Waals surface area (Å²) in [5.74, 6) is -0.432. The molecule has 3 nitrogen and oxygen atoms in total. The number of piperidine rings is 1. The number of ether oxygens (including phenoxy) is 1. The summed E-state index contributed by atoms with van der Waals surface area (Å²) in [7, 11) is 1.36. The summed E-state index contributed by atoms with van der Waals surface area (Å²) in [4.78, 5) is 13.6. The molecule has 2 rings (SSSR count). The third-order valence-electron chi connectivity index (χ3n) is 3.70. The Morgan fingerprint density at radius 1 is 1.43 bits per heavy atom. The molecule has 0 N–H and O–H groups in total.